The lowest BCUT2D eigenvalue weighted by Crippen LogP contribution is -2.43. The van der Waals surface area contributed by atoms with E-state index in [1.54, 1.807) is 12.3 Å². The number of hydrogen-bond donors (Lipinski definition) is 0. The molecule has 1 atom stereocenters. The van der Waals surface area contributed by atoms with E-state index in [2.05, 4.69) is 16.1 Å². The van der Waals surface area contributed by atoms with Crippen molar-refractivity contribution < 1.29 is 4.79 Å². The number of carbonyl (C=O) groups is 1. The number of nitrogens with zero attached hydrogens (tertiary/aromatic N) is 4. The van der Waals surface area contributed by atoms with Gasteiger partial charge in [0.25, 0.3) is 5.56 Å². The number of aromatic nitrogens is 3. The van der Waals surface area contributed by atoms with Crippen molar-refractivity contribution in [3.05, 3.63) is 58.3 Å². The maximum absolute atomic E-state index is 12.5. The van der Waals surface area contributed by atoms with Crippen LogP contribution in [0.25, 0.3) is 0 Å². The van der Waals surface area contributed by atoms with E-state index >= 15 is 0 Å². The summed E-state index contributed by atoms with van der Waals surface area (Å²) in [6.07, 6.45) is 6.69. The van der Waals surface area contributed by atoms with Crippen molar-refractivity contribution in [3.63, 3.8) is 0 Å². The normalized spacial score (nSPS) is 17.7. The van der Waals surface area contributed by atoms with E-state index in [0.29, 0.717) is 5.92 Å². The Morgan fingerprint density at radius 3 is 3.00 bits per heavy atom. The third-order valence-corrected chi connectivity index (χ3v) is 4.40. The highest BCUT2D eigenvalue weighted by atomic mass is 16.2. The van der Waals surface area contributed by atoms with Crippen LogP contribution in [0.4, 0.5) is 0 Å². The van der Waals surface area contributed by atoms with Gasteiger partial charge in [-0.25, -0.2) is 4.68 Å². The Morgan fingerprint density at radius 2 is 2.21 bits per heavy atom. The summed E-state index contributed by atoms with van der Waals surface area (Å²) < 4.78 is 1.25. The van der Waals surface area contributed by atoms with E-state index in [0.717, 1.165) is 38.0 Å². The summed E-state index contributed by atoms with van der Waals surface area (Å²) in [5, 5.41) is 4.14. The molecule has 2 aromatic heterocycles. The zero-order chi connectivity index (χ0) is 16.9. The monoisotopic (exact) mass is 326 g/mol. The molecule has 2 aromatic rings. The molecule has 126 valence electrons. The molecule has 3 heterocycles. The molecule has 0 aliphatic carbocycles. The molecule has 0 bridgehead atoms. The SMILES string of the molecule is Cc1ccc(=O)n(CC(=O)N2CCC[C@@H](Cc3cccnc3)C2)n1. The van der Waals surface area contributed by atoms with Gasteiger partial charge in [-0.15, -0.1) is 0 Å². The second-order valence-electron chi connectivity index (χ2n) is 6.38. The lowest BCUT2D eigenvalue weighted by Gasteiger charge is -2.33. The largest absolute Gasteiger partial charge is 0.341 e. The summed E-state index contributed by atoms with van der Waals surface area (Å²) in [7, 11) is 0. The first-order valence-corrected chi connectivity index (χ1v) is 8.33. The minimum atomic E-state index is -0.238. The third-order valence-electron chi connectivity index (χ3n) is 4.40. The third kappa shape index (κ3) is 4.07. The van der Waals surface area contributed by atoms with Gasteiger partial charge in [0.1, 0.15) is 6.54 Å². The zero-order valence-corrected chi connectivity index (χ0v) is 13.9. The second kappa shape index (κ2) is 7.38. The lowest BCUT2D eigenvalue weighted by molar-refractivity contribution is -0.133. The Bertz CT molecular complexity index is 757. The van der Waals surface area contributed by atoms with Crippen molar-refractivity contribution in [1.82, 2.24) is 19.7 Å². The summed E-state index contributed by atoms with van der Waals surface area (Å²) in [4.78, 5) is 30.4. The first-order valence-electron chi connectivity index (χ1n) is 8.33. The number of pyridine rings is 1. The van der Waals surface area contributed by atoms with Crippen molar-refractivity contribution >= 4 is 5.91 Å². The fourth-order valence-electron chi connectivity index (χ4n) is 3.20. The molecular weight excluding hydrogens is 304 g/mol. The standard InChI is InChI=1S/C18H22N4O2/c1-14-6-7-17(23)22(20-14)13-18(24)21-9-3-5-16(12-21)10-15-4-2-8-19-11-15/h2,4,6-8,11,16H,3,5,9-10,12-13H2,1H3/t16-/m0/s1. The molecule has 1 aliphatic rings. The van der Waals surface area contributed by atoms with Crippen molar-refractivity contribution in [2.45, 2.75) is 32.7 Å². The highest BCUT2D eigenvalue weighted by Crippen LogP contribution is 2.20. The Morgan fingerprint density at radius 1 is 1.33 bits per heavy atom. The molecule has 0 radical (unpaired) electrons. The number of hydrogen-bond acceptors (Lipinski definition) is 4. The molecule has 0 aromatic carbocycles. The maximum Gasteiger partial charge on any atom is 0.267 e. The van der Waals surface area contributed by atoms with Gasteiger partial charge in [0, 0.05) is 31.5 Å². The lowest BCUT2D eigenvalue weighted by atomic mass is 9.92. The van der Waals surface area contributed by atoms with Crippen LogP contribution in [-0.2, 0) is 17.8 Å². The van der Waals surface area contributed by atoms with Gasteiger partial charge in [0.15, 0.2) is 0 Å². The van der Waals surface area contributed by atoms with Crippen LogP contribution in [0, 0.1) is 12.8 Å². The van der Waals surface area contributed by atoms with Gasteiger partial charge in [-0.1, -0.05) is 6.07 Å². The van der Waals surface area contributed by atoms with Gasteiger partial charge >= 0.3 is 0 Å². The minimum absolute atomic E-state index is 0.0140. The smallest absolute Gasteiger partial charge is 0.267 e. The predicted molar refractivity (Wildman–Crippen MR) is 90.5 cm³/mol. The van der Waals surface area contributed by atoms with Crippen molar-refractivity contribution in [2.75, 3.05) is 13.1 Å². The van der Waals surface area contributed by atoms with Gasteiger partial charge < -0.3 is 4.90 Å². The molecule has 0 saturated carbocycles. The summed E-state index contributed by atoms with van der Waals surface area (Å²) in [5.41, 5.74) is 1.70. The highest BCUT2D eigenvalue weighted by molar-refractivity contribution is 5.76. The van der Waals surface area contributed by atoms with Crippen LogP contribution in [0.15, 0.2) is 41.5 Å². The van der Waals surface area contributed by atoms with Crippen molar-refractivity contribution in [3.8, 4) is 0 Å². The summed E-state index contributed by atoms with van der Waals surface area (Å²) in [5.74, 6) is 0.403. The topological polar surface area (TPSA) is 68.1 Å². The summed E-state index contributed by atoms with van der Waals surface area (Å²) in [6, 6.07) is 7.13. The second-order valence-corrected chi connectivity index (χ2v) is 6.38. The van der Waals surface area contributed by atoms with E-state index in [-0.39, 0.29) is 18.0 Å². The molecular formula is C18H22N4O2. The molecule has 0 N–H and O–H groups in total. The number of amides is 1. The molecule has 3 rings (SSSR count). The molecule has 6 nitrogen and oxygen atoms in total. The quantitative estimate of drug-likeness (QED) is 0.852. The van der Waals surface area contributed by atoms with E-state index in [9.17, 15) is 9.59 Å². The Balaban J connectivity index is 1.62. The average Bonchev–Trinajstić information content (AvgIpc) is 2.59. The molecule has 24 heavy (non-hydrogen) atoms. The van der Waals surface area contributed by atoms with Gasteiger partial charge in [-0.3, -0.25) is 14.6 Å². The van der Waals surface area contributed by atoms with Crippen LogP contribution in [-0.4, -0.2) is 38.7 Å². The zero-order valence-electron chi connectivity index (χ0n) is 13.9. The van der Waals surface area contributed by atoms with Gasteiger partial charge in [0.2, 0.25) is 5.91 Å². The van der Waals surface area contributed by atoms with Crippen LogP contribution >= 0.6 is 0 Å². The molecule has 6 heteroatoms. The van der Waals surface area contributed by atoms with Crippen LogP contribution in [0.5, 0.6) is 0 Å². The van der Waals surface area contributed by atoms with Crippen molar-refractivity contribution in [1.29, 1.82) is 0 Å². The fourth-order valence-corrected chi connectivity index (χ4v) is 3.20. The Hall–Kier alpha value is -2.50. The summed E-state index contributed by atoms with van der Waals surface area (Å²) >= 11 is 0. The fraction of sp³-hybridized carbons (Fsp3) is 0.444. The number of rotatable bonds is 4. The van der Waals surface area contributed by atoms with Gasteiger partial charge in [0.05, 0.1) is 5.69 Å². The number of piperidine rings is 1. The average molecular weight is 326 g/mol. The molecule has 1 amide bonds. The van der Waals surface area contributed by atoms with Gasteiger partial charge in [-0.05, 0) is 49.8 Å². The van der Waals surface area contributed by atoms with Gasteiger partial charge in [-0.2, -0.15) is 5.10 Å². The summed E-state index contributed by atoms with van der Waals surface area (Å²) in [6.45, 7) is 3.31. The Labute approximate surface area is 141 Å². The van der Waals surface area contributed by atoms with Crippen LogP contribution in [0.3, 0.4) is 0 Å². The predicted octanol–water partition coefficient (Wildman–Crippen LogP) is 1.43. The molecule has 1 fully saturated rings. The molecule has 1 aliphatic heterocycles. The maximum atomic E-state index is 12.5. The number of likely N-dealkylation sites (tertiary alicyclic amines) is 1. The van der Waals surface area contributed by atoms with E-state index < -0.39 is 0 Å². The first-order chi connectivity index (χ1) is 11.6. The first kappa shape index (κ1) is 16.4. The van der Waals surface area contributed by atoms with Crippen LogP contribution in [0.2, 0.25) is 0 Å². The highest BCUT2D eigenvalue weighted by Gasteiger charge is 2.24. The Kier molecular flexibility index (Phi) is 5.03. The minimum Gasteiger partial charge on any atom is -0.341 e. The van der Waals surface area contributed by atoms with E-state index in [4.69, 9.17) is 0 Å². The number of aryl methyl sites for hydroxylation is 1. The number of carbonyl (C=O) groups excluding carboxylic acids is 1. The van der Waals surface area contributed by atoms with Crippen LogP contribution in [0.1, 0.15) is 24.1 Å². The van der Waals surface area contributed by atoms with Crippen molar-refractivity contribution in [2.24, 2.45) is 5.92 Å². The molecule has 0 spiro atoms. The van der Waals surface area contributed by atoms with E-state index in [1.807, 2.05) is 24.1 Å². The van der Waals surface area contributed by atoms with Crippen LogP contribution < -0.4 is 5.56 Å². The van der Waals surface area contributed by atoms with E-state index in [1.165, 1.54) is 16.3 Å². The molecule has 1 saturated heterocycles. The molecule has 0 unspecified atom stereocenters.